The van der Waals surface area contributed by atoms with E-state index >= 15 is 0 Å². The molecule has 0 bridgehead atoms. The van der Waals surface area contributed by atoms with Crippen LogP contribution in [0.4, 0.5) is 0 Å². The van der Waals surface area contributed by atoms with Crippen LogP contribution in [0.5, 0.6) is 0 Å². The van der Waals surface area contributed by atoms with Crippen molar-refractivity contribution >= 4 is 0 Å². The van der Waals surface area contributed by atoms with Crippen LogP contribution in [0.25, 0.3) is 0 Å². The number of hydrogen-bond acceptors (Lipinski definition) is 3. The largest absolute Gasteiger partial charge is 0.326 e. The van der Waals surface area contributed by atoms with Gasteiger partial charge in [0.15, 0.2) is 0 Å². The van der Waals surface area contributed by atoms with Crippen LogP contribution in [-0.4, -0.2) is 29.0 Å². The van der Waals surface area contributed by atoms with Crippen molar-refractivity contribution in [1.82, 2.24) is 9.88 Å². The van der Waals surface area contributed by atoms with E-state index in [1.54, 1.807) is 0 Å². The van der Waals surface area contributed by atoms with E-state index in [0.717, 1.165) is 18.8 Å². The van der Waals surface area contributed by atoms with Gasteiger partial charge in [0.1, 0.15) is 0 Å². The van der Waals surface area contributed by atoms with Gasteiger partial charge in [-0.15, -0.1) is 0 Å². The van der Waals surface area contributed by atoms with Crippen molar-refractivity contribution in [1.29, 1.82) is 0 Å². The lowest BCUT2D eigenvalue weighted by molar-refractivity contribution is 0.157. The number of nitrogens with zero attached hydrogens (tertiary/aromatic N) is 2. The van der Waals surface area contributed by atoms with Crippen molar-refractivity contribution in [2.75, 3.05) is 13.1 Å². The lowest BCUT2D eigenvalue weighted by Gasteiger charge is -2.34. The molecule has 102 valence electrons. The predicted molar refractivity (Wildman–Crippen MR) is 77.3 cm³/mol. The van der Waals surface area contributed by atoms with Gasteiger partial charge in [0.05, 0.1) is 11.7 Å². The molecule has 1 aromatic rings. The molecule has 0 aliphatic rings. The Morgan fingerprint density at radius 1 is 1.28 bits per heavy atom. The lowest BCUT2D eigenvalue weighted by Crippen LogP contribution is -2.41. The van der Waals surface area contributed by atoms with Gasteiger partial charge in [-0.2, -0.15) is 0 Å². The van der Waals surface area contributed by atoms with E-state index in [4.69, 9.17) is 5.73 Å². The van der Waals surface area contributed by atoms with Crippen LogP contribution in [0.2, 0.25) is 0 Å². The maximum absolute atomic E-state index is 6.18. The van der Waals surface area contributed by atoms with Crippen LogP contribution in [0.15, 0.2) is 24.4 Å². The molecule has 3 heteroatoms. The summed E-state index contributed by atoms with van der Waals surface area (Å²) < 4.78 is 0. The van der Waals surface area contributed by atoms with Gasteiger partial charge in [-0.25, -0.2) is 0 Å². The molecule has 0 radical (unpaired) electrons. The van der Waals surface area contributed by atoms with E-state index in [2.05, 4.69) is 43.6 Å². The van der Waals surface area contributed by atoms with Gasteiger partial charge in [0.25, 0.3) is 0 Å². The fourth-order valence-corrected chi connectivity index (χ4v) is 2.31. The van der Waals surface area contributed by atoms with Crippen molar-refractivity contribution in [3.05, 3.63) is 30.1 Å². The first-order valence-electron chi connectivity index (χ1n) is 7.00. The van der Waals surface area contributed by atoms with Crippen LogP contribution < -0.4 is 5.73 Å². The monoisotopic (exact) mass is 249 g/mol. The molecule has 0 amide bonds. The SMILES string of the molecule is CCC(C)CN(CC)C(c1ccccn1)C(C)N. The highest BCUT2D eigenvalue weighted by Gasteiger charge is 2.24. The number of likely N-dealkylation sites (N-methyl/N-ethyl adjacent to an activating group) is 1. The molecule has 1 rings (SSSR count). The minimum Gasteiger partial charge on any atom is -0.326 e. The molecule has 0 fully saturated rings. The summed E-state index contributed by atoms with van der Waals surface area (Å²) in [7, 11) is 0. The molecule has 1 heterocycles. The average Bonchev–Trinajstić information content (AvgIpc) is 2.38. The van der Waals surface area contributed by atoms with Gasteiger partial charge in [0, 0.05) is 18.8 Å². The van der Waals surface area contributed by atoms with Gasteiger partial charge < -0.3 is 5.73 Å². The highest BCUT2D eigenvalue weighted by atomic mass is 15.2. The van der Waals surface area contributed by atoms with Crippen LogP contribution in [-0.2, 0) is 0 Å². The molecule has 3 atom stereocenters. The Labute approximate surface area is 111 Å². The second-order valence-electron chi connectivity index (χ2n) is 5.16. The van der Waals surface area contributed by atoms with E-state index in [-0.39, 0.29) is 12.1 Å². The Kier molecular flexibility index (Phi) is 6.30. The van der Waals surface area contributed by atoms with Gasteiger partial charge in [-0.05, 0) is 31.5 Å². The molecule has 0 aromatic carbocycles. The van der Waals surface area contributed by atoms with Gasteiger partial charge in [-0.3, -0.25) is 9.88 Å². The van der Waals surface area contributed by atoms with E-state index in [1.165, 1.54) is 6.42 Å². The van der Waals surface area contributed by atoms with Crippen LogP contribution in [0, 0.1) is 5.92 Å². The Hall–Kier alpha value is -0.930. The minimum atomic E-state index is 0.0870. The normalized spacial score (nSPS) is 16.6. The zero-order valence-corrected chi connectivity index (χ0v) is 12.1. The second kappa shape index (κ2) is 7.49. The fraction of sp³-hybridized carbons (Fsp3) is 0.667. The van der Waals surface area contributed by atoms with Crippen molar-refractivity contribution in [2.24, 2.45) is 11.7 Å². The summed E-state index contributed by atoms with van der Waals surface area (Å²) in [5.41, 5.74) is 7.26. The first kappa shape index (κ1) is 15.1. The molecule has 1 aromatic heterocycles. The third-order valence-corrected chi connectivity index (χ3v) is 3.53. The Morgan fingerprint density at radius 3 is 2.44 bits per heavy atom. The summed E-state index contributed by atoms with van der Waals surface area (Å²) in [5.74, 6) is 0.690. The van der Waals surface area contributed by atoms with Crippen LogP contribution in [0.1, 0.15) is 45.9 Å². The molecule has 0 saturated heterocycles. The average molecular weight is 249 g/mol. The highest BCUT2D eigenvalue weighted by molar-refractivity contribution is 5.11. The Bertz CT molecular complexity index is 324. The molecule has 0 aliphatic heterocycles. The van der Waals surface area contributed by atoms with Crippen molar-refractivity contribution in [2.45, 2.75) is 46.2 Å². The van der Waals surface area contributed by atoms with Gasteiger partial charge >= 0.3 is 0 Å². The standard InChI is InChI=1S/C15H27N3/c1-5-12(3)11-18(6-2)15(13(4)16)14-9-7-8-10-17-14/h7-10,12-13,15H,5-6,11,16H2,1-4H3. The number of rotatable bonds is 7. The molecule has 3 unspecified atom stereocenters. The topological polar surface area (TPSA) is 42.2 Å². The van der Waals surface area contributed by atoms with E-state index in [1.807, 2.05) is 18.3 Å². The zero-order chi connectivity index (χ0) is 13.5. The number of aromatic nitrogens is 1. The second-order valence-corrected chi connectivity index (χ2v) is 5.16. The summed E-state index contributed by atoms with van der Waals surface area (Å²) in [4.78, 5) is 6.93. The molecule has 2 N–H and O–H groups in total. The quantitative estimate of drug-likeness (QED) is 0.808. The fourth-order valence-electron chi connectivity index (χ4n) is 2.31. The molecule has 3 nitrogen and oxygen atoms in total. The summed E-state index contributed by atoms with van der Waals surface area (Å²) >= 11 is 0. The molecule has 0 spiro atoms. The van der Waals surface area contributed by atoms with Gasteiger partial charge in [0.2, 0.25) is 0 Å². The first-order chi connectivity index (χ1) is 8.60. The van der Waals surface area contributed by atoms with Gasteiger partial charge in [-0.1, -0.05) is 33.3 Å². The highest BCUT2D eigenvalue weighted by Crippen LogP contribution is 2.23. The smallest absolute Gasteiger partial charge is 0.0670 e. The Balaban J connectivity index is 2.89. The molecule has 0 saturated carbocycles. The first-order valence-corrected chi connectivity index (χ1v) is 7.00. The molecule has 0 aliphatic carbocycles. The number of hydrogen-bond donors (Lipinski definition) is 1. The van der Waals surface area contributed by atoms with Crippen LogP contribution in [0.3, 0.4) is 0 Å². The number of nitrogens with two attached hydrogens (primary N) is 1. The van der Waals surface area contributed by atoms with E-state index in [9.17, 15) is 0 Å². The molecular weight excluding hydrogens is 222 g/mol. The van der Waals surface area contributed by atoms with E-state index < -0.39 is 0 Å². The molecular formula is C15H27N3. The third kappa shape index (κ3) is 4.07. The summed E-state index contributed by atoms with van der Waals surface area (Å²) in [6.45, 7) is 10.9. The zero-order valence-electron chi connectivity index (χ0n) is 12.1. The third-order valence-electron chi connectivity index (χ3n) is 3.53. The molecule has 18 heavy (non-hydrogen) atoms. The summed E-state index contributed by atoms with van der Waals surface area (Å²) in [6.07, 6.45) is 3.05. The predicted octanol–water partition coefficient (Wildman–Crippen LogP) is 2.84. The minimum absolute atomic E-state index is 0.0870. The van der Waals surface area contributed by atoms with Crippen LogP contribution >= 0.6 is 0 Å². The Morgan fingerprint density at radius 2 is 2.00 bits per heavy atom. The van der Waals surface area contributed by atoms with Crippen molar-refractivity contribution in [3.63, 3.8) is 0 Å². The van der Waals surface area contributed by atoms with E-state index in [0.29, 0.717) is 5.92 Å². The lowest BCUT2D eigenvalue weighted by atomic mass is 10.0. The maximum atomic E-state index is 6.18. The summed E-state index contributed by atoms with van der Waals surface area (Å²) in [6, 6.07) is 6.36. The van der Waals surface area contributed by atoms with Crippen molar-refractivity contribution < 1.29 is 0 Å². The maximum Gasteiger partial charge on any atom is 0.0670 e. The number of pyridine rings is 1. The summed E-state index contributed by atoms with van der Waals surface area (Å²) in [5, 5.41) is 0. The van der Waals surface area contributed by atoms with Crippen molar-refractivity contribution in [3.8, 4) is 0 Å².